The zero-order valence-corrected chi connectivity index (χ0v) is 15.0. The first-order valence-corrected chi connectivity index (χ1v) is 8.99. The zero-order valence-electron chi connectivity index (χ0n) is 13.4. The number of halogens is 1. The van der Waals surface area contributed by atoms with Crippen LogP contribution in [0.3, 0.4) is 0 Å². The Bertz CT molecular complexity index is 819. The fraction of sp³-hybridized carbons (Fsp3) is 0.250. The van der Waals surface area contributed by atoms with E-state index in [9.17, 15) is 4.79 Å². The van der Waals surface area contributed by atoms with Gasteiger partial charge in [-0.25, -0.2) is 4.98 Å². The molecule has 130 valence electrons. The average Bonchev–Trinajstić information content (AvgIpc) is 3.30. The fourth-order valence-corrected chi connectivity index (χ4v) is 2.92. The monoisotopic (exact) mass is 377 g/mol. The molecule has 1 atom stereocenters. The Labute approximate surface area is 153 Å². The van der Waals surface area contributed by atoms with Crippen LogP contribution in [0.2, 0.25) is 5.02 Å². The summed E-state index contributed by atoms with van der Waals surface area (Å²) in [5.74, 6) is 1.69. The normalized spacial score (nSPS) is 12.1. The van der Waals surface area contributed by atoms with E-state index in [2.05, 4.69) is 25.7 Å². The van der Waals surface area contributed by atoms with Crippen molar-refractivity contribution in [1.82, 2.24) is 25.7 Å². The van der Waals surface area contributed by atoms with E-state index in [-0.39, 0.29) is 11.2 Å². The van der Waals surface area contributed by atoms with Gasteiger partial charge in [0.25, 0.3) is 0 Å². The number of oxazole rings is 1. The van der Waals surface area contributed by atoms with Gasteiger partial charge in [0.2, 0.25) is 11.8 Å². The number of carbonyl (C=O) groups excluding carboxylic acids is 1. The summed E-state index contributed by atoms with van der Waals surface area (Å²) in [5, 5.41) is 13.3. The molecule has 9 heteroatoms. The predicted octanol–water partition coefficient (Wildman–Crippen LogP) is 3.05. The minimum Gasteiger partial charge on any atom is -0.440 e. The standard InChI is InChI=1S/C16H16ClN5O2S/c1-10(16(23)19-6-13-7-20-22-21-13)25-9-15-18-8-14(24-15)11-2-4-12(17)5-3-11/h2-5,7-8,10H,6,9H2,1H3,(H,19,23)(H,20,21,22)/t10-/m0/s1. The van der Waals surface area contributed by atoms with E-state index >= 15 is 0 Å². The highest BCUT2D eigenvalue weighted by Crippen LogP contribution is 2.25. The molecule has 2 heterocycles. The Balaban J connectivity index is 1.49. The highest BCUT2D eigenvalue weighted by Gasteiger charge is 2.15. The van der Waals surface area contributed by atoms with Crippen LogP contribution in [0.15, 0.2) is 41.1 Å². The van der Waals surface area contributed by atoms with Crippen molar-refractivity contribution >= 4 is 29.3 Å². The van der Waals surface area contributed by atoms with Crippen LogP contribution < -0.4 is 5.32 Å². The lowest BCUT2D eigenvalue weighted by molar-refractivity contribution is -0.120. The number of nitrogens with one attached hydrogen (secondary N) is 2. The number of hydrogen-bond acceptors (Lipinski definition) is 6. The Morgan fingerprint density at radius 1 is 1.36 bits per heavy atom. The summed E-state index contributed by atoms with van der Waals surface area (Å²) in [5.41, 5.74) is 1.59. The molecule has 0 aliphatic carbocycles. The summed E-state index contributed by atoms with van der Waals surface area (Å²) in [6.07, 6.45) is 3.25. The smallest absolute Gasteiger partial charge is 0.233 e. The Morgan fingerprint density at radius 3 is 2.88 bits per heavy atom. The average molecular weight is 378 g/mol. The molecule has 0 radical (unpaired) electrons. The van der Waals surface area contributed by atoms with E-state index in [0.717, 1.165) is 5.56 Å². The second kappa shape index (κ2) is 8.17. The van der Waals surface area contributed by atoms with Gasteiger partial charge in [0.15, 0.2) is 5.76 Å². The maximum Gasteiger partial charge on any atom is 0.233 e. The van der Waals surface area contributed by atoms with E-state index in [1.54, 1.807) is 24.5 Å². The number of aromatic nitrogens is 4. The quantitative estimate of drug-likeness (QED) is 0.656. The molecule has 2 aromatic heterocycles. The van der Waals surface area contributed by atoms with Gasteiger partial charge >= 0.3 is 0 Å². The Kier molecular flexibility index (Phi) is 5.72. The molecule has 3 rings (SSSR count). The minimum absolute atomic E-state index is 0.0718. The van der Waals surface area contributed by atoms with E-state index in [1.807, 2.05) is 19.1 Å². The van der Waals surface area contributed by atoms with Crippen LogP contribution in [0.25, 0.3) is 11.3 Å². The largest absolute Gasteiger partial charge is 0.440 e. The lowest BCUT2D eigenvalue weighted by Gasteiger charge is -2.09. The molecule has 0 fully saturated rings. The molecule has 25 heavy (non-hydrogen) atoms. The molecule has 0 bridgehead atoms. The Morgan fingerprint density at radius 2 is 2.16 bits per heavy atom. The molecular weight excluding hydrogens is 362 g/mol. The van der Waals surface area contributed by atoms with Gasteiger partial charge in [-0.3, -0.25) is 4.79 Å². The van der Waals surface area contributed by atoms with Gasteiger partial charge in [-0.2, -0.15) is 15.4 Å². The summed E-state index contributed by atoms with van der Waals surface area (Å²) in [6.45, 7) is 2.19. The van der Waals surface area contributed by atoms with Crippen LogP contribution in [0.1, 0.15) is 18.5 Å². The second-order valence-corrected chi connectivity index (χ2v) is 7.02. The summed E-state index contributed by atoms with van der Waals surface area (Å²) >= 11 is 7.33. The number of H-pyrrole nitrogens is 1. The molecule has 0 aliphatic rings. The van der Waals surface area contributed by atoms with Gasteiger partial charge in [0.05, 0.1) is 29.9 Å². The SMILES string of the molecule is C[C@H](SCc1ncc(-c2ccc(Cl)cc2)o1)C(=O)NCc1cn[nH]n1. The van der Waals surface area contributed by atoms with Crippen LogP contribution in [0.4, 0.5) is 0 Å². The maximum absolute atomic E-state index is 12.1. The maximum atomic E-state index is 12.1. The molecule has 0 spiro atoms. The number of carbonyl (C=O) groups is 1. The summed E-state index contributed by atoms with van der Waals surface area (Å²) < 4.78 is 5.73. The third-order valence-corrected chi connectivity index (χ3v) is 4.80. The molecule has 0 saturated heterocycles. The number of amides is 1. The topological polar surface area (TPSA) is 96.7 Å². The predicted molar refractivity (Wildman–Crippen MR) is 95.9 cm³/mol. The van der Waals surface area contributed by atoms with Crippen molar-refractivity contribution in [2.75, 3.05) is 0 Å². The molecule has 1 amide bonds. The van der Waals surface area contributed by atoms with Gasteiger partial charge in [0, 0.05) is 10.6 Å². The third-order valence-electron chi connectivity index (χ3n) is 3.42. The van der Waals surface area contributed by atoms with Crippen molar-refractivity contribution in [3.05, 3.63) is 53.3 Å². The van der Waals surface area contributed by atoms with Gasteiger partial charge in [-0.15, -0.1) is 11.8 Å². The second-order valence-electron chi connectivity index (χ2n) is 5.26. The molecule has 3 aromatic rings. The number of benzene rings is 1. The van der Waals surface area contributed by atoms with Crippen molar-refractivity contribution in [2.45, 2.75) is 24.5 Å². The van der Waals surface area contributed by atoms with Crippen molar-refractivity contribution in [2.24, 2.45) is 0 Å². The fourth-order valence-electron chi connectivity index (χ4n) is 2.03. The van der Waals surface area contributed by atoms with Gasteiger partial charge in [-0.1, -0.05) is 11.6 Å². The molecular formula is C16H16ClN5O2S. The first kappa shape index (κ1) is 17.5. The van der Waals surface area contributed by atoms with Crippen LogP contribution >= 0.6 is 23.4 Å². The zero-order chi connectivity index (χ0) is 17.6. The summed E-state index contributed by atoms with van der Waals surface area (Å²) in [4.78, 5) is 16.3. The molecule has 0 aliphatic heterocycles. The lowest BCUT2D eigenvalue weighted by Crippen LogP contribution is -2.30. The minimum atomic E-state index is -0.238. The molecule has 7 nitrogen and oxygen atoms in total. The van der Waals surface area contributed by atoms with Gasteiger partial charge < -0.3 is 9.73 Å². The van der Waals surface area contributed by atoms with Crippen molar-refractivity contribution in [1.29, 1.82) is 0 Å². The van der Waals surface area contributed by atoms with Crippen LogP contribution in [0, 0.1) is 0 Å². The van der Waals surface area contributed by atoms with Gasteiger partial charge in [0.1, 0.15) is 5.69 Å². The van der Waals surface area contributed by atoms with E-state index in [4.69, 9.17) is 16.0 Å². The molecule has 1 aromatic carbocycles. The molecule has 0 saturated carbocycles. The van der Waals surface area contributed by atoms with E-state index in [0.29, 0.717) is 34.7 Å². The van der Waals surface area contributed by atoms with Gasteiger partial charge in [-0.05, 0) is 31.2 Å². The van der Waals surface area contributed by atoms with Crippen LogP contribution in [-0.2, 0) is 17.1 Å². The molecule has 2 N–H and O–H groups in total. The first-order chi connectivity index (χ1) is 12.1. The van der Waals surface area contributed by atoms with Crippen molar-refractivity contribution in [3.8, 4) is 11.3 Å². The van der Waals surface area contributed by atoms with Crippen LogP contribution in [-0.4, -0.2) is 31.6 Å². The summed E-state index contributed by atoms with van der Waals surface area (Å²) in [7, 11) is 0. The number of nitrogens with zero attached hydrogens (tertiary/aromatic N) is 3. The van der Waals surface area contributed by atoms with Crippen molar-refractivity contribution in [3.63, 3.8) is 0 Å². The number of thioether (sulfide) groups is 1. The molecule has 0 unspecified atom stereocenters. The van der Waals surface area contributed by atoms with E-state index < -0.39 is 0 Å². The third kappa shape index (κ3) is 4.83. The highest BCUT2D eigenvalue weighted by atomic mass is 35.5. The first-order valence-electron chi connectivity index (χ1n) is 7.56. The summed E-state index contributed by atoms with van der Waals surface area (Å²) in [6, 6.07) is 7.35. The lowest BCUT2D eigenvalue weighted by atomic mass is 10.2. The highest BCUT2D eigenvalue weighted by molar-refractivity contribution is 7.99. The number of rotatable bonds is 7. The number of hydrogen-bond donors (Lipinski definition) is 2. The Hall–Kier alpha value is -2.32. The number of aromatic amines is 1. The van der Waals surface area contributed by atoms with Crippen LogP contribution in [0.5, 0.6) is 0 Å². The van der Waals surface area contributed by atoms with E-state index in [1.165, 1.54) is 11.8 Å². The van der Waals surface area contributed by atoms with Crippen molar-refractivity contribution < 1.29 is 9.21 Å².